The molecule has 1 aromatic carbocycles. The van der Waals surface area contributed by atoms with E-state index in [1.54, 1.807) is 47.6 Å². The van der Waals surface area contributed by atoms with Crippen LogP contribution in [0.2, 0.25) is 0 Å². The Morgan fingerprint density at radius 3 is 3.12 bits per heavy atom. The van der Waals surface area contributed by atoms with Crippen LogP contribution in [0.25, 0.3) is 0 Å². The second kappa shape index (κ2) is 4.94. The molecule has 1 amide bonds. The maximum absolute atomic E-state index is 11.6. The van der Waals surface area contributed by atoms with E-state index in [-0.39, 0.29) is 12.5 Å². The van der Waals surface area contributed by atoms with Gasteiger partial charge in [0.05, 0.1) is 18.0 Å². The van der Waals surface area contributed by atoms with Crippen LogP contribution < -0.4 is 5.32 Å². The first kappa shape index (κ1) is 10.9. The lowest BCUT2D eigenvalue weighted by Crippen LogP contribution is -2.17. The summed E-state index contributed by atoms with van der Waals surface area (Å²) in [6, 6.07) is 8.81. The van der Waals surface area contributed by atoms with Crippen LogP contribution in [-0.4, -0.2) is 15.5 Å². The highest BCUT2D eigenvalue weighted by atomic mass is 16.1. The molecule has 0 atom stereocenters. The number of nitrogens with one attached hydrogen (secondary N) is 1. The Morgan fingerprint density at radius 1 is 1.53 bits per heavy atom. The van der Waals surface area contributed by atoms with Gasteiger partial charge in [-0.1, -0.05) is 6.07 Å². The number of amides is 1. The SMILES string of the molecule is N#Cc1cccc(NC(=O)Cn2ccnc2)c1. The van der Waals surface area contributed by atoms with Gasteiger partial charge in [0, 0.05) is 18.1 Å². The first-order valence-corrected chi connectivity index (χ1v) is 5.04. The van der Waals surface area contributed by atoms with E-state index in [0.29, 0.717) is 11.3 Å². The van der Waals surface area contributed by atoms with Crippen molar-refractivity contribution < 1.29 is 4.79 Å². The van der Waals surface area contributed by atoms with E-state index in [2.05, 4.69) is 10.3 Å². The minimum atomic E-state index is -0.155. The minimum absolute atomic E-state index is 0.155. The van der Waals surface area contributed by atoms with Crippen LogP contribution in [0.4, 0.5) is 5.69 Å². The molecule has 1 N–H and O–H groups in total. The largest absolute Gasteiger partial charge is 0.328 e. The Kier molecular flexibility index (Phi) is 3.17. The average Bonchev–Trinajstić information content (AvgIpc) is 2.82. The molecule has 0 radical (unpaired) electrons. The molecule has 84 valence electrons. The summed E-state index contributed by atoms with van der Waals surface area (Å²) >= 11 is 0. The fourth-order valence-electron chi connectivity index (χ4n) is 1.41. The molecule has 2 rings (SSSR count). The summed E-state index contributed by atoms with van der Waals surface area (Å²) in [5.74, 6) is -0.155. The summed E-state index contributed by atoms with van der Waals surface area (Å²) in [5, 5.41) is 11.4. The number of hydrogen-bond acceptors (Lipinski definition) is 3. The van der Waals surface area contributed by atoms with Gasteiger partial charge in [0.25, 0.3) is 0 Å². The Morgan fingerprint density at radius 2 is 2.41 bits per heavy atom. The normalized spacial score (nSPS) is 9.59. The molecule has 0 fully saturated rings. The fourth-order valence-corrected chi connectivity index (χ4v) is 1.41. The van der Waals surface area contributed by atoms with E-state index in [9.17, 15) is 4.79 Å². The second-order valence-corrected chi connectivity index (χ2v) is 3.48. The van der Waals surface area contributed by atoms with E-state index in [4.69, 9.17) is 5.26 Å². The van der Waals surface area contributed by atoms with Gasteiger partial charge in [0.1, 0.15) is 6.54 Å². The molecule has 2 aromatic rings. The number of carbonyl (C=O) groups excluding carboxylic acids is 1. The van der Waals surface area contributed by atoms with Gasteiger partial charge in [-0.3, -0.25) is 4.79 Å². The summed E-state index contributed by atoms with van der Waals surface area (Å²) in [4.78, 5) is 15.5. The van der Waals surface area contributed by atoms with Crippen LogP contribution in [0.1, 0.15) is 5.56 Å². The quantitative estimate of drug-likeness (QED) is 0.859. The predicted molar refractivity (Wildman–Crippen MR) is 62.0 cm³/mol. The zero-order valence-electron chi connectivity index (χ0n) is 9.00. The van der Waals surface area contributed by atoms with Gasteiger partial charge in [-0.25, -0.2) is 4.98 Å². The highest BCUT2D eigenvalue weighted by Crippen LogP contribution is 2.09. The second-order valence-electron chi connectivity index (χ2n) is 3.48. The first-order chi connectivity index (χ1) is 8.28. The lowest BCUT2D eigenvalue weighted by atomic mass is 10.2. The van der Waals surface area contributed by atoms with Crippen LogP contribution in [0.5, 0.6) is 0 Å². The van der Waals surface area contributed by atoms with Gasteiger partial charge in [-0.15, -0.1) is 0 Å². The molecule has 5 nitrogen and oxygen atoms in total. The van der Waals surface area contributed by atoms with Gasteiger partial charge < -0.3 is 9.88 Å². The third-order valence-electron chi connectivity index (χ3n) is 2.16. The maximum Gasteiger partial charge on any atom is 0.244 e. The van der Waals surface area contributed by atoms with Gasteiger partial charge in [-0.05, 0) is 18.2 Å². The third-order valence-corrected chi connectivity index (χ3v) is 2.16. The molecule has 0 bridgehead atoms. The molecule has 17 heavy (non-hydrogen) atoms. The molecule has 0 saturated carbocycles. The summed E-state index contributed by atoms with van der Waals surface area (Å²) in [5.41, 5.74) is 1.14. The standard InChI is InChI=1S/C12H10N4O/c13-7-10-2-1-3-11(6-10)15-12(17)8-16-5-4-14-9-16/h1-6,9H,8H2,(H,15,17). The van der Waals surface area contributed by atoms with Crippen molar-refractivity contribution in [2.24, 2.45) is 0 Å². The number of carbonyl (C=O) groups is 1. The zero-order valence-corrected chi connectivity index (χ0v) is 9.00. The lowest BCUT2D eigenvalue weighted by molar-refractivity contribution is -0.116. The molecule has 1 heterocycles. The number of nitrogens with zero attached hydrogens (tertiary/aromatic N) is 3. The molecular weight excluding hydrogens is 216 g/mol. The van der Waals surface area contributed by atoms with Crippen molar-refractivity contribution in [3.63, 3.8) is 0 Å². The van der Waals surface area contributed by atoms with Crippen LogP contribution in [-0.2, 0) is 11.3 Å². The first-order valence-electron chi connectivity index (χ1n) is 5.04. The Bertz CT molecular complexity index is 554. The summed E-state index contributed by atoms with van der Waals surface area (Å²) in [6.07, 6.45) is 4.90. The van der Waals surface area contributed by atoms with Gasteiger partial charge in [0.2, 0.25) is 5.91 Å². The Hall–Kier alpha value is -2.61. The van der Waals surface area contributed by atoms with Crippen molar-refractivity contribution in [3.05, 3.63) is 48.5 Å². The van der Waals surface area contributed by atoms with Crippen molar-refractivity contribution in [2.75, 3.05) is 5.32 Å². The molecule has 1 aromatic heterocycles. The van der Waals surface area contributed by atoms with Crippen molar-refractivity contribution in [1.29, 1.82) is 5.26 Å². The smallest absolute Gasteiger partial charge is 0.244 e. The Balaban J connectivity index is 2.01. The maximum atomic E-state index is 11.6. The number of imidazole rings is 1. The van der Waals surface area contributed by atoms with E-state index in [1.807, 2.05) is 6.07 Å². The Labute approximate surface area is 98.3 Å². The average molecular weight is 226 g/mol. The number of hydrogen-bond donors (Lipinski definition) is 1. The van der Waals surface area contributed by atoms with Crippen molar-refractivity contribution >= 4 is 11.6 Å². The highest BCUT2D eigenvalue weighted by Gasteiger charge is 2.03. The fraction of sp³-hybridized carbons (Fsp3) is 0.0833. The van der Waals surface area contributed by atoms with Crippen LogP contribution in [0, 0.1) is 11.3 Å². The van der Waals surface area contributed by atoms with Crippen LogP contribution in [0.15, 0.2) is 43.0 Å². The van der Waals surface area contributed by atoms with Crippen LogP contribution >= 0.6 is 0 Å². The molecule has 5 heteroatoms. The molecule has 0 aliphatic heterocycles. The van der Waals surface area contributed by atoms with E-state index in [1.165, 1.54) is 0 Å². The monoisotopic (exact) mass is 226 g/mol. The van der Waals surface area contributed by atoms with E-state index < -0.39 is 0 Å². The summed E-state index contributed by atoms with van der Waals surface area (Å²) < 4.78 is 1.67. The minimum Gasteiger partial charge on any atom is -0.328 e. The van der Waals surface area contributed by atoms with Gasteiger partial charge >= 0.3 is 0 Å². The van der Waals surface area contributed by atoms with Crippen molar-refractivity contribution in [3.8, 4) is 6.07 Å². The van der Waals surface area contributed by atoms with Gasteiger partial charge in [0.15, 0.2) is 0 Å². The number of rotatable bonds is 3. The predicted octanol–water partition coefficient (Wildman–Crippen LogP) is 1.39. The molecule has 0 spiro atoms. The molecule has 0 aliphatic carbocycles. The number of aromatic nitrogens is 2. The van der Waals surface area contributed by atoms with E-state index >= 15 is 0 Å². The number of nitriles is 1. The summed E-state index contributed by atoms with van der Waals surface area (Å²) in [6.45, 7) is 0.205. The zero-order chi connectivity index (χ0) is 12.1. The molecule has 0 aliphatic rings. The topological polar surface area (TPSA) is 70.7 Å². The summed E-state index contributed by atoms with van der Waals surface area (Å²) in [7, 11) is 0. The third kappa shape index (κ3) is 2.92. The molecule has 0 unspecified atom stereocenters. The number of benzene rings is 1. The van der Waals surface area contributed by atoms with E-state index in [0.717, 1.165) is 0 Å². The molecular formula is C12H10N4O. The lowest BCUT2D eigenvalue weighted by Gasteiger charge is -2.05. The van der Waals surface area contributed by atoms with Crippen LogP contribution in [0.3, 0.4) is 0 Å². The van der Waals surface area contributed by atoms with Gasteiger partial charge in [-0.2, -0.15) is 5.26 Å². The van der Waals surface area contributed by atoms with Crippen molar-refractivity contribution in [2.45, 2.75) is 6.54 Å². The number of anilines is 1. The highest BCUT2D eigenvalue weighted by molar-refractivity contribution is 5.90. The van der Waals surface area contributed by atoms with Crippen molar-refractivity contribution in [1.82, 2.24) is 9.55 Å². The molecule has 0 saturated heterocycles.